The van der Waals surface area contributed by atoms with Crippen molar-refractivity contribution in [3.05, 3.63) is 35.7 Å². The molecule has 1 aromatic carbocycles. The minimum Gasteiger partial charge on any atom is -0.484 e. The summed E-state index contributed by atoms with van der Waals surface area (Å²) < 4.78 is 18.4. The summed E-state index contributed by atoms with van der Waals surface area (Å²) in [5.74, 6) is -1.79. The van der Waals surface area contributed by atoms with Gasteiger partial charge in [-0.05, 0) is 23.8 Å². The molecule has 0 atom stereocenters. The summed E-state index contributed by atoms with van der Waals surface area (Å²) in [6.45, 7) is -0.210. The fourth-order valence-corrected chi connectivity index (χ4v) is 1.21. The SMILES string of the molecule is CN(C)C(=O)COc1cc(F)cc(/C=C/C(=O)O)c1. The molecule has 102 valence electrons. The smallest absolute Gasteiger partial charge is 0.328 e. The number of carboxylic acid groups (broad SMARTS) is 1. The highest BCUT2D eigenvalue weighted by Crippen LogP contribution is 2.17. The van der Waals surface area contributed by atoms with Gasteiger partial charge in [-0.1, -0.05) is 0 Å². The minimum atomic E-state index is -1.13. The number of likely N-dealkylation sites (N-methyl/N-ethyl adjacent to an activating group) is 1. The van der Waals surface area contributed by atoms with Gasteiger partial charge < -0.3 is 14.7 Å². The van der Waals surface area contributed by atoms with E-state index in [0.29, 0.717) is 5.56 Å². The fraction of sp³-hybridized carbons (Fsp3) is 0.231. The van der Waals surface area contributed by atoms with E-state index in [1.165, 1.54) is 23.1 Å². The molecule has 1 rings (SSSR count). The van der Waals surface area contributed by atoms with Gasteiger partial charge in [-0.25, -0.2) is 9.18 Å². The van der Waals surface area contributed by atoms with Gasteiger partial charge in [-0.3, -0.25) is 4.79 Å². The quantitative estimate of drug-likeness (QED) is 0.819. The number of nitrogens with zero attached hydrogens (tertiary/aromatic N) is 1. The highest BCUT2D eigenvalue weighted by atomic mass is 19.1. The summed E-state index contributed by atoms with van der Waals surface area (Å²) in [6.07, 6.45) is 2.13. The number of rotatable bonds is 5. The molecule has 0 heterocycles. The molecule has 0 saturated carbocycles. The number of carbonyl (C=O) groups excluding carboxylic acids is 1. The molecule has 0 aliphatic heterocycles. The summed E-state index contributed by atoms with van der Waals surface area (Å²) in [7, 11) is 3.16. The van der Waals surface area contributed by atoms with E-state index >= 15 is 0 Å². The van der Waals surface area contributed by atoms with Gasteiger partial charge in [0, 0.05) is 26.2 Å². The molecule has 19 heavy (non-hydrogen) atoms. The molecular formula is C13H14FNO4. The van der Waals surface area contributed by atoms with E-state index in [1.807, 2.05) is 0 Å². The number of amides is 1. The first-order chi connectivity index (χ1) is 8.88. The van der Waals surface area contributed by atoms with E-state index < -0.39 is 11.8 Å². The van der Waals surface area contributed by atoms with Crippen LogP contribution in [0.15, 0.2) is 24.3 Å². The van der Waals surface area contributed by atoms with Gasteiger partial charge in [-0.15, -0.1) is 0 Å². The Kier molecular flexibility index (Phi) is 5.05. The van der Waals surface area contributed by atoms with E-state index in [-0.39, 0.29) is 18.3 Å². The van der Waals surface area contributed by atoms with Crippen LogP contribution in [-0.4, -0.2) is 42.6 Å². The van der Waals surface area contributed by atoms with Crippen molar-refractivity contribution in [2.75, 3.05) is 20.7 Å². The first-order valence-corrected chi connectivity index (χ1v) is 5.43. The van der Waals surface area contributed by atoms with Crippen molar-refractivity contribution in [2.24, 2.45) is 0 Å². The number of carbonyl (C=O) groups is 2. The Balaban J connectivity index is 2.79. The molecule has 0 saturated heterocycles. The van der Waals surface area contributed by atoms with Crippen LogP contribution in [0.4, 0.5) is 4.39 Å². The maximum Gasteiger partial charge on any atom is 0.328 e. The van der Waals surface area contributed by atoms with Gasteiger partial charge in [0.05, 0.1) is 0 Å². The molecule has 0 unspecified atom stereocenters. The first-order valence-electron chi connectivity index (χ1n) is 5.43. The number of aliphatic carboxylic acids is 1. The number of ether oxygens (including phenoxy) is 1. The lowest BCUT2D eigenvalue weighted by molar-refractivity contribution is -0.131. The third-order valence-electron chi connectivity index (χ3n) is 2.17. The monoisotopic (exact) mass is 267 g/mol. The van der Waals surface area contributed by atoms with Gasteiger partial charge in [0.15, 0.2) is 6.61 Å². The molecule has 0 spiro atoms. The van der Waals surface area contributed by atoms with Crippen molar-refractivity contribution in [3.8, 4) is 5.75 Å². The zero-order valence-corrected chi connectivity index (χ0v) is 10.6. The van der Waals surface area contributed by atoms with Gasteiger partial charge in [0.25, 0.3) is 5.91 Å². The van der Waals surface area contributed by atoms with Gasteiger partial charge in [0.1, 0.15) is 11.6 Å². The molecule has 5 nitrogen and oxygen atoms in total. The summed E-state index contributed by atoms with van der Waals surface area (Å²) in [4.78, 5) is 23.0. The van der Waals surface area contributed by atoms with Crippen LogP contribution in [0.5, 0.6) is 5.75 Å². The molecular weight excluding hydrogens is 253 g/mol. The van der Waals surface area contributed by atoms with Gasteiger partial charge in [0.2, 0.25) is 0 Å². The van der Waals surface area contributed by atoms with E-state index in [9.17, 15) is 14.0 Å². The van der Waals surface area contributed by atoms with Gasteiger partial charge >= 0.3 is 5.97 Å². The van der Waals surface area contributed by atoms with E-state index in [0.717, 1.165) is 12.1 Å². The highest BCUT2D eigenvalue weighted by molar-refractivity contribution is 5.85. The van der Waals surface area contributed by atoms with Crippen LogP contribution in [-0.2, 0) is 9.59 Å². The van der Waals surface area contributed by atoms with Crippen molar-refractivity contribution in [3.63, 3.8) is 0 Å². The van der Waals surface area contributed by atoms with Crippen molar-refractivity contribution in [1.82, 2.24) is 4.90 Å². The predicted octanol–water partition coefficient (Wildman–Crippen LogP) is 1.39. The predicted molar refractivity (Wildman–Crippen MR) is 67.3 cm³/mol. The second kappa shape index (κ2) is 6.53. The fourth-order valence-electron chi connectivity index (χ4n) is 1.21. The van der Waals surface area contributed by atoms with Crippen LogP contribution in [0.1, 0.15) is 5.56 Å². The zero-order valence-electron chi connectivity index (χ0n) is 10.6. The van der Waals surface area contributed by atoms with E-state index in [2.05, 4.69) is 0 Å². The number of halogens is 1. The molecule has 0 fully saturated rings. The number of carboxylic acids is 1. The molecule has 1 aromatic rings. The molecule has 0 aliphatic carbocycles. The second-order valence-corrected chi connectivity index (χ2v) is 3.97. The van der Waals surface area contributed by atoms with Crippen LogP contribution in [0.3, 0.4) is 0 Å². The third kappa shape index (κ3) is 5.20. The van der Waals surface area contributed by atoms with Crippen molar-refractivity contribution < 1.29 is 23.8 Å². The first kappa shape index (κ1) is 14.7. The zero-order chi connectivity index (χ0) is 14.4. The Morgan fingerprint density at radius 3 is 2.63 bits per heavy atom. The third-order valence-corrected chi connectivity index (χ3v) is 2.17. The maximum absolute atomic E-state index is 13.3. The molecule has 0 radical (unpaired) electrons. The molecule has 0 aliphatic rings. The summed E-state index contributed by atoms with van der Waals surface area (Å²) in [5.41, 5.74) is 0.342. The second-order valence-electron chi connectivity index (χ2n) is 3.97. The maximum atomic E-state index is 13.3. The summed E-state index contributed by atoms with van der Waals surface area (Å²) >= 11 is 0. The summed E-state index contributed by atoms with van der Waals surface area (Å²) in [6, 6.07) is 3.74. The average molecular weight is 267 g/mol. The van der Waals surface area contributed by atoms with Crippen LogP contribution in [0.25, 0.3) is 6.08 Å². The average Bonchev–Trinajstić information content (AvgIpc) is 2.32. The Labute approximate surface area is 109 Å². The molecule has 1 N–H and O–H groups in total. The Morgan fingerprint density at radius 2 is 2.05 bits per heavy atom. The molecule has 1 amide bonds. The lowest BCUT2D eigenvalue weighted by Gasteiger charge is -2.11. The minimum absolute atomic E-state index is 0.167. The van der Waals surface area contributed by atoms with Crippen molar-refractivity contribution in [2.45, 2.75) is 0 Å². The lowest BCUT2D eigenvalue weighted by Crippen LogP contribution is -2.27. The topological polar surface area (TPSA) is 66.8 Å². The molecule has 0 aromatic heterocycles. The van der Waals surface area contributed by atoms with Crippen LogP contribution in [0, 0.1) is 5.82 Å². The lowest BCUT2D eigenvalue weighted by atomic mass is 10.2. The Bertz CT molecular complexity index is 511. The number of benzene rings is 1. The Hall–Kier alpha value is -2.37. The highest BCUT2D eigenvalue weighted by Gasteiger charge is 2.06. The van der Waals surface area contributed by atoms with Crippen LogP contribution in [0.2, 0.25) is 0 Å². The molecule has 6 heteroatoms. The van der Waals surface area contributed by atoms with E-state index in [1.54, 1.807) is 14.1 Å². The molecule has 0 bridgehead atoms. The number of hydrogen-bond donors (Lipinski definition) is 1. The Morgan fingerprint density at radius 1 is 1.37 bits per heavy atom. The summed E-state index contributed by atoms with van der Waals surface area (Å²) in [5, 5.41) is 8.49. The standard InChI is InChI=1S/C13H14FNO4/c1-15(2)12(16)8-19-11-6-9(3-4-13(17)18)5-10(14)7-11/h3-7H,8H2,1-2H3,(H,17,18)/b4-3+. The van der Waals surface area contributed by atoms with Crippen molar-refractivity contribution >= 4 is 18.0 Å². The van der Waals surface area contributed by atoms with Gasteiger partial charge in [-0.2, -0.15) is 0 Å². The van der Waals surface area contributed by atoms with Crippen molar-refractivity contribution in [1.29, 1.82) is 0 Å². The van der Waals surface area contributed by atoms with E-state index in [4.69, 9.17) is 9.84 Å². The normalized spacial score (nSPS) is 10.5. The number of hydrogen-bond acceptors (Lipinski definition) is 3. The van der Waals surface area contributed by atoms with Crippen LogP contribution < -0.4 is 4.74 Å². The van der Waals surface area contributed by atoms with Crippen LogP contribution >= 0.6 is 0 Å². The largest absolute Gasteiger partial charge is 0.484 e.